The first-order valence-corrected chi connectivity index (χ1v) is 2.05. The molecule has 0 amide bonds. The zero-order chi connectivity index (χ0) is 3.54. The number of nitrogens with one attached hydrogen (secondary N) is 2. The minimum atomic E-state index is 1.42. The van der Waals surface area contributed by atoms with E-state index in [0.29, 0.717) is 0 Å². The van der Waals surface area contributed by atoms with Crippen LogP contribution in [0, 0.1) is 0 Å². The van der Waals surface area contributed by atoms with E-state index in [1.165, 1.54) is 11.9 Å². The third-order valence-corrected chi connectivity index (χ3v) is 0.694. The Morgan fingerprint density at radius 2 is 2.80 bits per heavy atom. The molecule has 0 aromatic heterocycles. The number of hydrogen-bond acceptors (Lipinski definition) is 4. The maximum Gasteiger partial charge on any atom is 0.0981 e. The highest BCUT2D eigenvalue weighted by Crippen LogP contribution is 1.85. The molecule has 0 bridgehead atoms. The fourth-order valence-corrected chi connectivity index (χ4v) is 0.395. The SMILES string of the molecule is C1=NNNS1. The topological polar surface area (TPSA) is 36.4 Å². The Morgan fingerprint density at radius 3 is 3.00 bits per heavy atom. The van der Waals surface area contributed by atoms with Gasteiger partial charge in [0.2, 0.25) is 0 Å². The van der Waals surface area contributed by atoms with Crippen LogP contribution < -0.4 is 10.4 Å². The van der Waals surface area contributed by atoms with Crippen LogP contribution in [0.5, 0.6) is 0 Å². The van der Waals surface area contributed by atoms with E-state index in [-0.39, 0.29) is 0 Å². The van der Waals surface area contributed by atoms with Crippen LogP contribution in [0.15, 0.2) is 5.10 Å². The van der Waals surface area contributed by atoms with Crippen molar-refractivity contribution in [1.29, 1.82) is 0 Å². The molecule has 0 aromatic rings. The fraction of sp³-hybridized carbons (Fsp3) is 0. The van der Waals surface area contributed by atoms with Gasteiger partial charge in [0, 0.05) is 0 Å². The molecular formula is CH3N3S. The second kappa shape index (κ2) is 1.28. The molecule has 1 aliphatic rings. The summed E-state index contributed by atoms with van der Waals surface area (Å²) in [6.45, 7) is 0. The van der Waals surface area contributed by atoms with Crippen molar-refractivity contribution < 1.29 is 0 Å². The highest BCUT2D eigenvalue weighted by atomic mass is 32.2. The standard InChI is InChI=1S/CH3N3S/c1-2-3-4-5-1/h1,3-4H. The van der Waals surface area contributed by atoms with Crippen molar-refractivity contribution in [3.05, 3.63) is 0 Å². The quantitative estimate of drug-likeness (QED) is 0.399. The summed E-state index contributed by atoms with van der Waals surface area (Å²) in [5.41, 5.74) is 4.19. The van der Waals surface area contributed by atoms with E-state index < -0.39 is 0 Å². The van der Waals surface area contributed by atoms with E-state index in [1.54, 1.807) is 5.55 Å². The number of hydrazone groups is 1. The lowest BCUT2D eigenvalue weighted by Crippen LogP contribution is -2.11. The van der Waals surface area contributed by atoms with Crippen LogP contribution in [-0.2, 0) is 0 Å². The Bertz CT molecular complexity index is 44.9. The van der Waals surface area contributed by atoms with Gasteiger partial charge in [0.15, 0.2) is 0 Å². The summed E-state index contributed by atoms with van der Waals surface area (Å²) in [5.74, 6) is 0. The molecule has 5 heavy (non-hydrogen) atoms. The molecule has 0 unspecified atom stereocenters. The number of rotatable bonds is 0. The van der Waals surface area contributed by atoms with Crippen molar-refractivity contribution in [2.24, 2.45) is 5.10 Å². The van der Waals surface area contributed by atoms with Crippen molar-refractivity contribution in [2.75, 3.05) is 0 Å². The molecule has 0 saturated heterocycles. The molecule has 3 nitrogen and oxygen atoms in total. The van der Waals surface area contributed by atoms with Crippen molar-refractivity contribution in [3.63, 3.8) is 0 Å². The van der Waals surface area contributed by atoms with E-state index in [4.69, 9.17) is 0 Å². The maximum atomic E-state index is 3.56. The van der Waals surface area contributed by atoms with Gasteiger partial charge in [-0.15, -0.1) is 0 Å². The first kappa shape index (κ1) is 2.99. The average Bonchev–Trinajstić information content (AvgIpc) is 1.76. The fourth-order valence-electron chi connectivity index (χ4n) is 0.132. The molecule has 1 rings (SSSR count). The van der Waals surface area contributed by atoms with Gasteiger partial charge in [-0.3, -0.25) is 0 Å². The second-order valence-electron chi connectivity index (χ2n) is 0.566. The van der Waals surface area contributed by atoms with Crippen molar-refractivity contribution in [3.8, 4) is 0 Å². The molecule has 2 N–H and O–H groups in total. The molecule has 0 aliphatic carbocycles. The first-order valence-electron chi connectivity index (χ1n) is 1.17. The van der Waals surface area contributed by atoms with Gasteiger partial charge in [0.1, 0.15) is 0 Å². The van der Waals surface area contributed by atoms with Crippen molar-refractivity contribution >= 4 is 17.5 Å². The van der Waals surface area contributed by atoms with Gasteiger partial charge < -0.3 is 0 Å². The molecule has 4 heteroatoms. The van der Waals surface area contributed by atoms with Crippen LogP contribution >= 0.6 is 11.9 Å². The summed E-state index contributed by atoms with van der Waals surface area (Å²) in [6, 6.07) is 0. The molecule has 0 spiro atoms. The molecule has 0 saturated carbocycles. The van der Waals surface area contributed by atoms with Crippen molar-refractivity contribution in [1.82, 2.24) is 10.4 Å². The minimum absolute atomic E-state index is 1.42. The lowest BCUT2D eigenvalue weighted by Gasteiger charge is -1.79. The second-order valence-corrected chi connectivity index (χ2v) is 1.22. The number of hydrazine groups is 1. The molecule has 28 valence electrons. The molecular weight excluding hydrogens is 86.1 g/mol. The van der Waals surface area contributed by atoms with Gasteiger partial charge in [0.25, 0.3) is 0 Å². The summed E-state index contributed by atoms with van der Waals surface area (Å²) in [6.07, 6.45) is 0. The largest absolute Gasteiger partial charge is 0.232 e. The van der Waals surface area contributed by atoms with Crippen LogP contribution in [-0.4, -0.2) is 5.55 Å². The first-order chi connectivity index (χ1) is 2.50. The van der Waals surface area contributed by atoms with E-state index in [9.17, 15) is 0 Å². The summed E-state index contributed by atoms with van der Waals surface area (Å²) < 4.78 is 0. The molecule has 1 aliphatic heterocycles. The smallest absolute Gasteiger partial charge is 0.0981 e. The lowest BCUT2D eigenvalue weighted by atomic mass is 11.7. The molecule has 0 atom stereocenters. The highest BCUT2D eigenvalue weighted by Gasteiger charge is 1.81. The molecule has 1 heterocycles. The van der Waals surface area contributed by atoms with Crippen LogP contribution in [0.4, 0.5) is 0 Å². The highest BCUT2D eigenvalue weighted by molar-refractivity contribution is 8.10. The van der Waals surface area contributed by atoms with Gasteiger partial charge in [0.05, 0.1) is 5.55 Å². The monoisotopic (exact) mass is 89.0 g/mol. The zero-order valence-electron chi connectivity index (χ0n) is 2.43. The predicted molar refractivity (Wildman–Crippen MR) is 22.4 cm³/mol. The lowest BCUT2D eigenvalue weighted by molar-refractivity contribution is 0.760. The van der Waals surface area contributed by atoms with Crippen LogP contribution in [0.25, 0.3) is 0 Å². The summed E-state index contributed by atoms with van der Waals surface area (Å²) in [7, 11) is 0. The van der Waals surface area contributed by atoms with Gasteiger partial charge >= 0.3 is 0 Å². The maximum absolute atomic E-state index is 3.56. The minimum Gasteiger partial charge on any atom is -0.232 e. The summed E-state index contributed by atoms with van der Waals surface area (Å²) in [5, 5.41) is 3.56. The Labute approximate surface area is 33.9 Å². The van der Waals surface area contributed by atoms with E-state index in [1.807, 2.05) is 0 Å². The van der Waals surface area contributed by atoms with Crippen LogP contribution in [0.1, 0.15) is 0 Å². The molecule has 0 fully saturated rings. The average molecular weight is 89.1 g/mol. The summed E-state index contributed by atoms with van der Waals surface area (Å²) in [4.78, 5) is 2.67. The number of nitrogens with zero attached hydrogens (tertiary/aromatic N) is 1. The zero-order valence-corrected chi connectivity index (χ0v) is 3.25. The summed E-state index contributed by atoms with van der Waals surface area (Å²) >= 11 is 1.42. The van der Waals surface area contributed by atoms with Crippen molar-refractivity contribution in [2.45, 2.75) is 0 Å². The Morgan fingerprint density at radius 1 is 1.80 bits per heavy atom. The Balaban J connectivity index is 2.32. The Kier molecular flexibility index (Phi) is 0.764. The van der Waals surface area contributed by atoms with Crippen LogP contribution in [0.2, 0.25) is 0 Å². The predicted octanol–water partition coefficient (Wildman–Crippen LogP) is -0.314. The van der Waals surface area contributed by atoms with E-state index >= 15 is 0 Å². The van der Waals surface area contributed by atoms with Gasteiger partial charge in [-0.25, -0.2) is 5.53 Å². The van der Waals surface area contributed by atoms with E-state index in [0.717, 1.165) is 0 Å². The third kappa shape index (κ3) is 0.524. The normalized spacial score (nSPS) is 19.2. The van der Waals surface area contributed by atoms with Gasteiger partial charge in [-0.1, -0.05) is 0 Å². The molecule has 0 aromatic carbocycles. The Hall–Kier alpha value is -0.220. The number of hydrogen-bond donors (Lipinski definition) is 2. The van der Waals surface area contributed by atoms with E-state index in [2.05, 4.69) is 15.5 Å². The van der Waals surface area contributed by atoms with Crippen LogP contribution in [0.3, 0.4) is 0 Å². The molecule has 0 radical (unpaired) electrons. The third-order valence-electron chi connectivity index (χ3n) is 0.275. The van der Waals surface area contributed by atoms with Gasteiger partial charge in [-0.05, 0) is 11.9 Å². The van der Waals surface area contributed by atoms with Gasteiger partial charge in [-0.2, -0.15) is 9.93 Å².